The first kappa shape index (κ1) is 23.4. The van der Waals surface area contributed by atoms with E-state index < -0.39 is 49.9 Å². The van der Waals surface area contributed by atoms with Crippen LogP contribution >= 0.6 is 27.5 Å². The van der Waals surface area contributed by atoms with Gasteiger partial charge in [-0.1, -0.05) is 38.9 Å². The molecule has 1 atom stereocenters. The van der Waals surface area contributed by atoms with Gasteiger partial charge in [0.2, 0.25) is 5.91 Å². The Labute approximate surface area is 165 Å². The Balaban J connectivity index is 3.77. The van der Waals surface area contributed by atoms with E-state index in [4.69, 9.17) is 11.6 Å². The van der Waals surface area contributed by atoms with Gasteiger partial charge in [0.1, 0.15) is 22.0 Å². The summed E-state index contributed by atoms with van der Waals surface area (Å²) >= 11 is 8.55. The number of nitrogens with one attached hydrogen (secondary N) is 1. The SMILES string of the molecule is CC[Si](CC)(CC)c1cc(Br)nc([C@](CO)(NC(=O)CCl)C(F)F)c1F. The van der Waals surface area contributed by atoms with Gasteiger partial charge < -0.3 is 10.4 Å². The first-order valence-corrected chi connectivity index (χ1v) is 12.3. The van der Waals surface area contributed by atoms with Gasteiger partial charge >= 0.3 is 0 Å². The quantitative estimate of drug-likeness (QED) is 0.326. The highest BCUT2D eigenvalue weighted by Gasteiger charge is 2.48. The summed E-state index contributed by atoms with van der Waals surface area (Å²) in [5.41, 5.74) is -3.34. The molecule has 26 heavy (non-hydrogen) atoms. The van der Waals surface area contributed by atoms with Crippen molar-refractivity contribution in [2.24, 2.45) is 0 Å². The lowest BCUT2D eigenvalue weighted by molar-refractivity contribution is -0.125. The van der Waals surface area contributed by atoms with Gasteiger partial charge in [-0.3, -0.25) is 4.79 Å². The molecule has 0 aromatic carbocycles. The van der Waals surface area contributed by atoms with Crippen LogP contribution in [0.2, 0.25) is 18.1 Å². The number of pyridine rings is 1. The normalized spacial score (nSPS) is 14.4. The number of aliphatic hydroxyl groups excluding tert-OH is 1. The third-order valence-electron chi connectivity index (χ3n) is 5.06. The molecule has 0 unspecified atom stereocenters. The lowest BCUT2D eigenvalue weighted by Gasteiger charge is -2.35. The minimum absolute atomic E-state index is 0.176. The van der Waals surface area contributed by atoms with Gasteiger partial charge in [-0.25, -0.2) is 18.2 Å². The molecular weight excluding hydrogens is 453 g/mol. The predicted octanol–water partition coefficient (Wildman–Crippen LogP) is 3.51. The summed E-state index contributed by atoms with van der Waals surface area (Å²) in [4.78, 5) is 15.5. The number of halogens is 5. The molecule has 0 spiro atoms. The van der Waals surface area contributed by atoms with Crippen LogP contribution in [0.3, 0.4) is 0 Å². The number of aromatic nitrogens is 1. The Bertz CT molecular complexity index is 642. The number of carbonyl (C=O) groups excluding carboxylic acids is 1. The standard InChI is InChI=1S/C16H23BrClF3N2O2Si/c1-4-26(5-2,6-3)10-7-11(17)22-14(13(10)19)16(9-24,15(20)21)23-12(25)8-18/h7,15,24H,4-6,8-9H2,1-3H3,(H,23,25)/t16-/m0/s1. The van der Waals surface area contributed by atoms with Crippen LogP contribution in [0, 0.1) is 5.82 Å². The number of rotatable bonds is 9. The molecule has 0 radical (unpaired) electrons. The molecule has 1 aromatic rings. The molecule has 148 valence electrons. The van der Waals surface area contributed by atoms with Gasteiger partial charge in [0.05, 0.1) is 14.7 Å². The Morgan fingerprint density at radius 2 is 1.92 bits per heavy atom. The summed E-state index contributed by atoms with van der Waals surface area (Å²) in [5, 5.41) is 12.0. The zero-order chi connectivity index (χ0) is 20.1. The third-order valence-corrected chi connectivity index (χ3v) is 11.3. The molecule has 1 aromatic heterocycles. The minimum Gasteiger partial charge on any atom is -0.393 e. The van der Waals surface area contributed by atoms with Crippen LogP contribution in [0.4, 0.5) is 13.2 Å². The second-order valence-electron chi connectivity index (χ2n) is 6.11. The molecule has 0 aliphatic carbocycles. The van der Waals surface area contributed by atoms with E-state index in [-0.39, 0.29) is 4.60 Å². The largest absolute Gasteiger partial charge is 0.393 e. The van der Waals surface area contributed by atoms with Crippen LogP contribution in [-0.4, -0.2) is 43.0 Å². The van der Waals surface area contributed by atoms with Crippen molar-refractivity contribution in [1.82, 2.24) is 10.3 Å². The summed E-state index contributed by atoms with van der Waals surface area (Å²) in [6, 6.07) is 3.70. The Morgan fingerprint density at radius 1 is 1.38 bits per heavy atom. The summed E-state index contributed by atoms with van der Waals surface area (Å²) < 4.78 is 43.4. The van der Waals surface area contributed by atoms with Crippen LogP contribution in [-0.2, 0) is 10.3 Å². The first-order chi connectivity index (χ1) is 12.2. The maximum atomic E-state index is 15.4. The first-order valence-electron chi connectivity index (χ1n) is 8.30. The number of amides is 1. The highest BCUT2D eigenvalue weighted by molar-refractivity contribution is 9.10. The monoisotopic (exact) mass is 474 g/mol. The number of alkyl halides is 3. The van der Waals surface area contributed by atoms with E-state index in [0.29, 0.717) is 5.19 Å². The van der Waals surface area contributed by atoms with Crippen molar-refractivity contribution >= 4 is 46.7 Å². The lowest BCUT2D eigenvalue weighted by atomic mass is 9.95. The molecule has 1 rings (SSSR count). The van der Waals surface area contributed by atoms with E-state index in [1.807, 2.05) is 26.1 Å². The van der Waals surface area contributed by atoms with Crippen LogP contribution in [0.5, 0.6) is 0 Å². The van der Waals surface area contributed by atoms with Gasteiger partial charge in [0.15, 0.2) is 5.54 Å². The van der Waals surface area contributed by atoms with Crippen molar-refractivity contribution in [3.63, 3.8) is 0 Å². The van der Waals surface area contributed by atoms with Crippen molar-refractivity contribution in [1.29, 1.82) is 0 Å². The van der Waals surface area contributed by atoms with Gasteiger partial charge in [0.25, 0.3) is 6.43 Å². The van der Waals surface area contributed by atoms with E-state index in [1.54, 1.807) is 0 Å². The van der Waals surface area contributed by atoms with Gasteiger partial charge in [0, 0.05) is 0 Å². The van der Waals surface area contributed by atoms with Crippen molar-refractivity contribution in [3.05, 3.63) is 22.2 Å². The number of hydrogen-bond acceptors (Lipinski definition) is 3. The van der Waals surface area contributed by atoms with Gasteiger partial charge in [-0.05, 0) is 27.2 Å². The topological polar surface area (TPSA) is 62.2 Å². The van der Waals surface area contributed by atoms with Crippen LogP contribution in [0.1, 0.15) is 26.5 Å². The second kappa shape index (κ2) is 9.52. The van der Waals surface area contributed by atoms with Crippen molar-refractivity contribution in [2.45, 2.75) is 50.9 Å². The van der Waals surface area contributed by atoms with Crippen molar-refractivity contribution < 1.29 is 23.1 Å². The zero-order valence-electron chi connectivity index (χ0n) is 14.9. The highest BCUT2D eigenvalue weighted by atomic mass is 79.9. The number of carbonyl (C=O) groups is 1. The van der Waals surface area contributed by atoms with Crippen LogP contribution < -0.4 is 10.5 Å². The maximum Gasteiger partial charge on any atom is 0.269 e. The maximum absolute atomic E-state index is 15.4. The number of nitrogens with zero attached hydrogens (tertiary/aromatic N) is 1. The van der Waals surface area contributed by atoms with Gasteiger partial charge in [-0.2, -0.15) is 0 Å². The average molecular weight is 476 g/mol. The molecule has 1 amide bonds. The fourth-order valence-corrected chi connectivity index (χ4v) is 7.54. The van der Waals surface area contributed by atoms with Crippen LogP contribution in [0.25, 0.3) is 0 Å². The minimum atomic E-state index is -3.29. The van der Waals surface area contributed by atoms with Crippen molar-refractivity contribution in [2.75, 3.05) is 12.5 Å². The molecule has 0 aliphatic heterocycles. The average Bonchev–Trinajstić information content (AvgIpc) is 2.63. The summed E-state index contributed by atoms with van der Waals surface area (Å²) in [6.45, 7) is 4.64. The molecule has 0 bridgehead atoms. The summed E-state index contributed by atoms with van der Waals surface area (Å²) in [7, 11) is -2.29. The lowest BCUT2D eigenvalue weighted by Crippen LogP contribution is -2.57. The predicted molar refractivity (Wildman–Crippen MR) is 102 cm³/mol. The van der Waals surface area contributed by atoms with Crippen LogP contribution in [0.15, 0.2) is 10.7 Å². The molecule has 0 aliphatic rings. The summed E-state index contributed by atoms with van der Waals surface area (Å²) in [6.07, 6.45) is -3.29. The van der Waals surface area contributed by atoms with Gasteiger partial charge in [-0.15, -0.1) is 11.6 Å². The molecule has 0 saturated carbocycles. The molecule has 2 N–H and O–H groups in total. The number of hydrogen-bond donors (Lipinski definition) is 2. The Kier molecular flexibility index (Phi) is 8.57. The zero-order valence-corrected chi connectivity index (χ0v) is 18.2. The van der Waals surface area contributed by atoms with E-state index in [1.165, 1.54) is 6.07 Å². The molecule has 0 fully saturated rings. The van der Waals surface area contributed by atoms with Crippen molar-refractivity contribution in [3.8, 4) is 0 Å². The van der Waals surface area contributed by atoms with E-state index in [9.17, 15) is 18.7 Å². The molecule has 0 saturated heterocycles. The fraction of sp³-hybridized carbons (Fsp3) is 0.625. The third kappa shape index (κ3) is 4.26. The van der Waals surface area contributed by atoms with E-state index in [0.717, 1.165) is 18.1 Å². The molecular formula is C16H23BrClF3N2O2Si. The molecule has 1 heterocycles. The van der Waals surface area contributed by atoms with E-state index in [2.05, 4.69) is 20.9 Å². The Morgan fingerprint density at radius 3 is 2.31 bits per heavy atom. The summed E-state index contributed by atoms with van der Waals surface area (Å²) in [5.74, 6) is -2.45. The highest BCUT2D eigenvalue weighted by Crippen LogP contribution is 2.32. The Hall–Kier alpha value is -0.643. The molecule has 10 heteroatoms. The fourth-order valence-electron chi connectivity index (χ4n) is 3.18. The smallest absolute Gasteiger partial charge is 0.269 e. The second-order valence-corrected chi connectivity index (χ2v) is 12.4. The number of aliphatic hydroxyl groups is 1. The van der Waals surface area contributed by atoms with E-state index >= 15 is 4.39 Å². The molecule has 4 nitrogen and oxygen atoms in total.